The van der Waals surface area contributed by atoms with Gasteiger partial charge in [0.05, 0.1) is 27.4 Å². The third-order valence-electron chi connectivity index (χ3n) is 4.89. The van der Waals surface area contributed by atoms with E-state index >= 15 is 0 Å². The molecule has 3 aromatic rings. The Bertz CT molecular complexity index is 895. The van der Waals surface area contributed by atoms with Gasteiger partial charge in [-0.05, 0) is 42.2 Å². The van der Waals surface area contributed by atoms with Crippen LogP contribution >= 0.6 is 0 Å². The van der Waals surface area contributed by atoms with Gasteiger partial charge in [-0.1, -0.05) is 60.7 Å². The number of ether oxygens (including phenoxy) is 4. The molecule has 0 aliphatic heterocycles. The molecule has 0 aromatic heterocycles. The van der Waals surface area contributed by atoms with Gasteiger partial charge in [0.15, 0.2) is 11.5 Å². The first kappa shape index (κ1) is 22.5. The first-order chi connectivity index (χ1) is 15.2. The highest BCUT2D eigenvalue weighted by Gasteiger charge is 2.23. The Balaban J connectivity index is 1.67. The number of carbonyl (C=O) groups is 1. The molecule has 5 heteroatoms. The second-order valence-corrected chi connectivity index (χ2v) is 6.98. The summed E-state index contributed by atoms with van der Waals surface area (Å²) in [5.41, 5.74) is 2.73. The van der Waals surface area contributed by atoms with E-state index in [2.05, 4.69) is 0 Å². The van der Waals surface area contributed by atoms with E-state index in [-0.39, 0.29) is 5.78 Å². The number of ketones is 1. The first-order valence-electron chi connectivity index (χ1n) is 10.3. The van der Waals surface area contributed by atoms with Crippen molar-refractivity contribution in [3.8, 4) is 11.5 Å². The molecule has 3 rings (SSSR count). The first-order valence-corrected chi connectivity index (χ1v) is 10.3. The molecular formula is C26H28O5. The van der Waals surface area contributed by atoms with Crippen molar-refractivity contribution in [2.45, 2.75) is 19.1 Å². The van der Waals surface area contributed by atoms with Crippen molar-refractivity contribution >= 4 is 5.78 Å². The van der Waals surface area contributed by atoms with E-state index in [0.717, 1.165) is 11.1 Å². The van der Waals surface area contributed by atoms with Crippen LogP contribution in [0.5, 0.6) is 11.5 Å². The minimum Gasteiger partial charge on any atom is -0.493 e. The van der Waals surface area contributed by atoms with Gasteiger partial charge in [-0.2, -0.15) is 0 Å². The summed E-state index contributed by atoms with van der Waals surface area (Å²) in [4.78, 5) is 13.2. The number of carbonyl (C=O) groups excluding carboxylic acids is 1. The Labute approximate surface area is 183 Å². The van der Waals surface area contributed by atoms with Gasteiger partial charge in [0.2, 0.25) is 12.1 Å². The highest BCUT2D eigenvalue weighted by atomic mass is 16.7. The van der Waals surface area contributed by atoms with Gasteiger partial charge >= 0.3 is 0 Å². The van der Waals surface area contributed by atoms with Crippen LogP contribution in [0.25, 0.3) is 0 Å². The highest BCUT2D eigenvalue weighted by molar-refractivity contribution is 5.99. The van der Waals surface area contributed by atoms with Crippen molar-refractivity contribution in [3.63, 3.8) is 0 Å². The predicted octanol–water partition coefficient (Wildman–Crippen LogP) is 4.73. The van der Waals surface area contributed by atoms with E-state index in [0.29, 0.717) is 43.1 Å². The quantitative estimate of drug-likeness (QED) is 0.313. The second kappa shape index (κ2) is 11.9. The maximum Gasteiger partial charge on any atom is 0.222 e. The smallest absolute Gasteiger partial charge is 0.222 e. The molecule has 5 nitrogen and oxygen atoms in total. The molecule has 0 N–H and O–H groups in total. The summed E-state index contributed by atoms with van der Waals surface area (Å²) >= 11 is 0. The van der Waals surface area contributed by atoms with Crippen LogP contribution in [0, 0.1) is 0 Å². The normalized spacial score (nSPS) is 10.8. The van der Waals surface area contributed by atoms with Crippen molar-refractivity contribution in [2.75, 3.05) is 27.4 Å². The molecular weight excluding hydrogens is 392 g/mol. The van der Waals surface area contributed by atoms with E-state index in [1.54, 1.807) is 25.3 Å². The molecule has 0 atom stereocenters. The Morgan fingerprint density at radius 2 is 1.23 bits per heavy atom. The van der Waals surface area contributed by atoms with Crippen LogP contribution < -0.4 is 9.47 Å². The summed E-state index contributed by atoms with van der Waals surface area (Å²) in [6.45, 7) is 0.748. The van der Waals surface area contributed by atoms with E-state index < -0.39 is 6.29 Å². The van der Waals surface area contributed by atoms with E-state index in [1.165, 1.54) is 7.11 Å². The molecule has 3 aromatic carbocycles. The average molecular weight is 421 g/mol. The van der Waals surface area contributed by atoms with Gasteiger partial charge in [0, 0.05) is 5.56 Å². The summed E-state index contributed by atoms with van der Waals surface area (Å²) < 4.78 is 22.4. The third-order valence-corrected chi connectivity index (χ3v) is 4.89. The van der Waals surface area contributed by atoms with Crippen molar-refractivity contribution in [2.24, 2.45) is 0 Å². The maximum absolute atomic E-state index is 13.2. The molecule has 0 radical (unpaired) electrons. The summed E-state index contributed by atoms with van der Waals surface area (Å²) in [5.74, 6) is 0.799. The Morgan fingerprint density at radius 3 is 1.71 bits per heavy atom. The van der Waals surface area contributed by atoms with E-state index in [4.69, 9.17) is 18.9 Å². The van der Waals surface area contributed by atoms with Crippen molar-refractivity contribution in [1.29, 1.82) is 0 Å². The number of hydrogen-bond acceptors (Lipinski definition) is 5. The van der Waals surface area contributed by atoms with Crippen LogP contribution in [-0.2, 0) is 22.3 Å². The fourth-order valence-corrected chi connectivity index (χ4v) is 3.18. The number of methoxy groups -OCH3 is 2. The average Bonchev–Trinajstić information content (AvgIpc) is 2.83. The molecule has 0 aliphatic carbocycles. The number of Topliss-reactive ketones (excluding diaryl/α,β-unsaturated/α-hetero) is 1. The lowest BCUT2D eigenvalue weighted by atomic mass is 10.1. The second-order valence-electron chi connectivity index (χ2n) is 6.98. The molecule has 0 aliphatic rings. The minimum atomic E-state index is -0.995. The van der Waals surface area contributed by atoms with E-state index in [9.17, 15) is 4.79 Å². The lowest BCUT2D eigenvalue weighted by Gasteiger charge is -2.18. The van der Waals surface area contributed by atoms with Gasteiger partial charge < -0.3 is 18.9 Å². The molecule has 0 saturated carbocycles. The summed E-state index contributed by atoms with van der Waals surface area (Å²) in [5, 5.41) is 0. The third kappa shape index (κ3) is 6.67. The topological polar surface area (TPSA) is 54.0 Å². The molecule has 0 fully saturated rings. The fourth-order valence-electron chi connectivity index (χ4n) is 3.18. The fraction of sp³-hybridized carbons (Fsp3) is 0.269. The van der Waals surface area contributed by atoms with Gasteiger partial charge in [0.1, 0.15) is 0 Å². The summed E-state index contributed by atoms with van der Waals surface area (Å²) in [6.07, 6.45) is 0.391. The monoisotopic (exact) mass is 420 g/mol. The molecule has 0 unspecified atom stereocenters. The highest BCUT2D eigenvalue weighted by Crippen LogP contribution is 2.28. The largest absolute Gasteiger partial charge is 0.493 e. The van der Waals surface area contributed by atoms with Gasteiger partial charge in [-0.25, -0.2) is 0 Å². The lowest BCUT2D eigenvalue weighted by molar-refractivity contribution is -0.112. The summed E-state index contributed by atoms with van der Waals surface area (Å²) in [7, 11) is 3.10. The van der Waals surface area contributed by atoms with Crippen LogP contribution in [0.1, 0.15) is 21.5 Å². The number of benzene rings is 3. The minimum absolute atomic E-state index is 0.248. The molecule has 0 spiro atoms. The molecule has 0 bridgehead atoms. The Hall–Kier alpha value is -3.15. The van der Waals surface area contributed by atoms with Crippen LogP contribution in [0.3, 0.4) is 0 Å². The lowest BCUT2D eigenvalue weighted by Crippen LogP contribution is -2.29. The Kier molecular flexibility index (Phi) is 8.64. The zero-order valence-electron chi connectivity index (χ0n) is 18.0. The van der Waals surface area contributed by atoms with Crippen molar-refractivity contribution in [3.05, 3.63) is 95.6 Å². The molecule has 31 heavy (non-hydrogen) atoms. The van der Waals surface area contributed by atoms with Gasteiger partial charge in [0.25, 0.3) is 0 Å². The van der Waals surface area contributed by atoms with Crippen LogP contribution in [0.4, 0.5) is 0 Å². The van der Waals surface area contributed by atoms with Crippen LogP contribution in [-0.4, -0.2) is 39.5 Å². The predicted molar refractivity (Wildman–Crippen MR) is 120 cm³/mol. The molecule has 0 heterocycles. The molecule has 162 valence electrons. The number of rotatable bonds is 12. The molecule has 0 amide bonds. The van der Waals surface area contributed by atoms with Crippen molar-refractivity contribution < 1.29 is 23.7 Å². The zero-order valence-corrected chi connectivity index (χ0v) is 18.0. The molecule has 0 saturated heterocycles. The van der Waals surface area contributed by atoms with Gasteiger partial charge in [-0.15, -0.1) is 0 Å². The Morgan fingerprint density at radius 1 is 0.710 bits per heavy atom. The van der Waals surface area contributed by atoms with E-state index in [1.807, 2.05) is 60.7 Å². The maximum atomic E-state index is 13.2. The van der Waals surface area contributed by atoms with Crippen LogP contribution in [0.2, 0.25) is 0 Å². The van der Waals surface area contributed by atoms with Gasteiger partial charge in [-0.3, -0.25) is 4.79 Å². The zero-order chi connectivity index (χ0) is 21.9. The van der Waals surface area contributed by atoms with Crippen molar-refractivity contribution in [1.82, 2.24) is 0 Å². The summed E-state index contributed by atoms with van der Waals surface area (Å²) in [6, 6.07) is 25.1. The SMILES string of the molecule is COc1ccc(C(=O)C(OCCc2ccccc2)OCCc2ccccc2)cc1OC. The standard InChI is InChI=1S/C26H28O5/c1-28-23-14-13-22(19-24(23)29-2)25(27)26(30-17-15-20-9-5-3-6-10-20)31-18-16-21-11-7-4-8-12-21/h3-14,19,26H,15-18H2,1-2H3. The number of hydrogen-bond donors (Lipinski definition) is 0. The van der Waals surface area contributed by atoms with Crippen LogP contribution in [0.15, 0.2) is 78.9 Å².